The number of aliphatic hydroxyl groups excluding tert-OH is 1. The lowest BCUT2D eigenvalue weighted by atomic mass is 9.97. The summed E-state index contributed by atoms with van der Waals surface area (Å²) in [5, 5.41) is 10.3. The number of ether oxygens (including phenoxy) is 1. The van der Waals surface area contributed by atoms with Gasteiger partial charge in [-0.15, -0.1) is 0 Å². The third-order valence-electron chi connectivity index (χ3n) is 3.81. The van der Waals surface area contributed by atoms with Crippen LogP contribution in [0.2, 0.25) is 5.02 Å². The Morgan fingerprint density at radius 3 is 2.63 bits per heavy atom. The predicted octanol–water partition coefficient (Wildman–Crippen LogP) is 3.26. The molecule has 3 nitrogen and oxygen atoms in total. The number of hydrogen-bond acceptors (Lipinski definition) is 3. The van der Waals surface area contributed by atoms with Crippen LogP contribution in [0.5, 0.6) is 0 Å². The first-order chi connectivity index (χ1) is 9.11. The van der Waals surface area contributed by atoms with Gasteiger partial charge in [0.15, 0.2) is 0 Å². The Balaban J connectivity index is 2.03. The number of nitrogens with zero attached hydrogens (tertiary/aromatic N) is 1. The molecule has 1 aliphatic rings. The molecule has 0 aromatic heterocycles. The molecule has 0 radical (unpaired) electrons. The van der Waals surface area contributed by atoms with Crippen LogP contribution < -0.4 is 4.90 Å². The molecule has 0 bridgehead atoms. The van der Waals surface area contributed by atoms with Crippen LogP contribution in [0.4, 0.5) is 5.69 Å². The third kappa shape index (κ3) is 3.62. The zero-order valence-corrected chi connectivity index (χ0v) is 12.4. The Morgan fingerprint density at radius 2 is 2.11 bits per heavy atom. The van der Waals surface area contributed by atoms with E-state index < -0.39 is 6.10 Å². The number of benzene rings is 1. The quantitative estimate of drug-likeness (QED) is 0.921. The minimum atomic E-state index is -0.473. The molecule has 1 heterocycles. The van der Waals surface area contributed by atoms with Crippen molar-refractivity contribution in [1.82, 2.24) is 0 Å². The molecule has 1 saturated heterocycles. The minimum absolute atomic E-state index is 0.473. The highest BCUT2D eigenvalue weighted by atomic mass is 35.5. The molecule has 1 aliphatic heterocycles. The van der Waals surface area contributed by atoms with Crippen molar-refractivity contribution in [3.63, 3.8) is 0 Å². The molecule has 106 valence electrons. The van der Waals surface area contributed by atoms with Crippen LogP contribution in [0.15, 0.2) is 18.2 Å². The van der Waals surface area contributed by atoms with Crippen molar-refractivity contribution in [3.8, 4) is 0 Å². The fourth-order valence-corrected chi connectivity index (χ4v) is 2.92. The summed E-state index contributed by atoms with van der Waals surface area (Å²) in [6.45, 7) is 4.63. The molecule has 1 aromatic carbocycles. The van der Waals surface area contributed by atoms with Crippen molar-refractivity contribution in [3.05, 3.63) is 28.8 Å². The lowest BCUT2D eigenvalue weighted by Gasteiger charge is -2.34. The van der Waals surface area contributed by atoms with Crippen LogP contribution in [0.3, 0.4) is 0 Å². The van der Waals surface area contributed by atoms with Gasteiger partial charge < -0.3 is 14.7 Å². The Labute approximate surface area is 120 Å². The van der Waals surface area contributed by atoms with Crippen molar-refractivity contribution in [2.45, 2.75) is 25.9 Å². The average Bonchev–Trinajstić information content (AvgIpc) is 2.40. The van der Waals surface area contributed by atoms with Gasteiger partial charge in [0.2, 0.25) is 0 Å². The normalized spacial score (nSPS) is 18.6. The van der Waals surface area contributed by atoms with Gasteiger partial charge in [-0.25, -0.2) is 0 Å². The Kier molecular flexibility index (Phi) is 5.08. The first-order valence-corrected chi connectivity index (χ1v) is 7.21. The van der Waals surface area contributed by atoms with Gasteiger partial charge in [-0.05, 0) is 43.4 Å². The van der Waals surface area contributed by atoms with Crippen LogP contribution in [0.1, 0.15) is 31.4 Å². The third-order valence-corrected chi connectivity index (χ3v) is 4.11. The zero-order valence-electron chi connectivity index (χ0n) is 11.6. The van der Waals surface area contributed by atoms with Gasteiger partial charge >= 0.3 is 0 Å². The summed E-state index contributed by atoms with van der Waals surface area (Å²) < 4.78 is 5.22. The molecule has 2 rings (SSSR count). The Hall–Kier alpha value is -0.770. The molecule has 0 spiro atoms. The summed E-state index contributed by atoms with van der Waals surface area (Å²) in [4.78, 5) is 2.32. The fourth-order valence-electron chi connectivity index (χ4n) is 2.62. The maximum atomic E-state index is 9.56. The van der Waals surface area contributed by atoms with Crippen molar-refractivity contribution in [2.24, 2.45) is 5.92 Å². The SMILES string of the molecule is COCC1CCN(c2ccc(C(C)O)cc2Cl)CC1. The maximum Gasteiger partial charge on any atom is 0.0762 e. The first-order valence-electron chi connectivity index (χ1n) is 6.83. The van der Waals surface area contributed by atoms with Gasteiger partial charge in [0.1, 0.15) is 0 Å². The van der Waals surface area contributed by atoms with E-state index in [0.29, 0.717) is 5.92 Å². The van der Waals surface area contributed by atoms with Crippen LogP contribution in [0, 0.1) is 5.92 Å². The second-order valence-corrected chi connectivity index (χ2v) is 5.68. The number of halogens is 1. The Morgan fingerprint density at radius 1 is 1.42 bits per heavy atom. The summed E-state index contributed by atoms with van der Waals surface area (Å²) in [7, 11) is 1.76. The van der Waals surface area contributed by atoms with Crippen LogP contribution in [-0.4, -0.2) is 31.9 Å². The second-order valence-electron chi connectivity index (χ2n) is 5.27. The van der Waals surface area contributed by atoms with E-state index in [1.165, 1.54) is 0 Å². The number of rotatable bonds is 4. The summed E-state index contributed by atoms with van der Waals surface area (Å²) in [6.07, 6.45) is 1.81. The number of piperidine rings is 1. The maximum absolute atomic E-state index is 9.56. The van der Waals surface area contributed by atoms with Crippen LogP contribution >= 0.6 is 11.6 Å². The highest BCUT2D eigenvalue weighted by molar-refractivity contribution is 6.33. The molecule has 1 fully saturated rings. The van der Waals surface area contributed by atoms with Crippen LogP contribution in [0.25, 0.3) is 0 Å². The molecular weight excluding hydrogens is 262 g/mol. The van der Waals surface area contributed by atoms with Crippen molar-refractivity contribution >= 4 is 17.3 Å². The van der Waals surface area contributed by atoms with Crippen LogP contribution in [-0.2, 0) is 4.74 Å². The molecule has 0 saturated carbocycles. The molecular formula is C15H22ClNO2. The van der Waals surface area contributed by atoms with E-state index in [0.717, 1.165) is 48.8 Å². The van der Waals surface area contributed by atoms with E-state index in [-0.39, 0.29) is 0 Å². The van der Waals surface area contributed by atoms with Gasteiger partial charge in [0, 0.05) is 26.8 Å². The molecule has 0 aliphatic carbocycles. The van der Waals surface area contributed by atoms with E-state index in [9.17, 15) is 5.11 Å². The predicted molar refractivity (Wildman–Crippen MR) is 78.9 cm³/mol. The summed E-state index contributed by atoms with van der Waals surface area (Å²) >= 11 is 6.33. The number of methoxy groups -OCH3 is 1. The summed E-state index contributed by atoms with van der Waals surface area (Å²) in [5.41, 5.74) is 1.94. The largest absolute Gasteiger partial charge is 0.389 e. The molecule has 19 heavy (non-hydrogen) atoms. The first kappa shape index (κ1) is 14.6. The van der Waals surface area contributed by atoms with Gasteiger partial charge in [-0.3, -0.25) is 0 Å². The highest BCUT2D eigenvalue weighted by Gasteiger charge is 2.21. The number of hydrogen-bond donors (Lipinski definition) is 1. The van der Waals surface area contributed by atoms with Gasteiger partial charge in [-0.1, -0.05) is 17.7 Å². The average molecular weight is 284 g/mol. The summed E-state index contributed by atoms with van der Waals surface area (Å²) in [6, 6.07) is 5.83. The van der Waals surface area contributed by atoms with Crippen molar-refractivity contribution in [1.29, 1.82) is 0 Å². The lowest BCUT2D eigenvalue weighted by molar-refractivity contribution is 0.139. The molecule has 1 aromatic rings. The monoisotopic (exact) mass is 283 g/mol. The smallest absolute Gasteiger partial charge is 0.0762 e. The van der Waals surface area contributed by atoms with Gasteiger partial charge in [-0.2, -0.15) is 0 Å². The van der Waals surface area contributed by atoms with E-state index in [1.807, 2.05) is 18.2 Å². The lowest BCUT2D eigenvalue weighted by Crippen LogP contribution is -2.35. The van der Waals surface area contributed by atoms with Gasteiger partial charge in [0.05, 0.1) is 16.8 Å². The van der Waals surface area contributed by atoms with Crippen molar-refractivity contribution in [2.75, 3.05) is 31.7 Å². The molecule has 0 amide bonds. The highest BCUT2D eigenvalue weighted by Crippen LogP contribution is 2.31. The standard InChI is InChI=1S/C15H22ClNO2/c1-11(18)13-3-4-15(14(16)9-13)17-7-5-12(6-8-17)10-19-2/h3-4,9,11-12,18H,5-8,10H2,1-2H3. The minimum Gasteiger partial charge on any atom is -0.389 e. The van der Waals surface area contributed by atoms with Gasteiger partial charge in [0.25, 0.3) is 0 Å². The van der Waals surface area contributed by atoms with E-state index in [1.54, 1.807) is 14.0 Å². The number of aliphatic hydroxyl groups is 1. The van der Waals surface area contributed by atoms with E-state index >= 15 is 0 Å². The fraction of sp³-hybridized carbons (Fsp3) is 0.600. The van der Waals surface area contributed by atoms with E-state index in [2.05, 4.69) is 4.90 Å². The molecule has 1 N–H and O–H groups in total. The Bertz CT molecular complexity index is 415. The second kappa shape index (κ2) is 6.60. The summed E-state index contributed by atoms with van der Waals surface area (Å²) in [5.74, 6) is 0.664. The van der Waals surface area contributed by atoms with Crippen molar-refractivity contribution < 1.29 is 9.84 Å². The molecule has 1 atom stereocenters. The molecule has 4 heteroatoms. The molecule has 1 unspecified atom stereocenters. The zero-order chi connectivity index (χ0) is 13.8. The topological polar surface area (TPSA) is 32.7 Å². The van der Waals surface area contributed by atoms with E-state index in [4.69, 9.17) is 16.3 Å². The number of anilines is 1.